The van der Waals surface area contributed by atoms with Crippen LogP contribution in [0, 0.1) is 5.92 Å². The Morgan fingerprint density at radius 2 is 1.81 bits per heavy atom. The van der Waals surface area contributed by atoms with E-state index >= 15 is 0 Å². The van der Waals surface area contributed by atoms with Crippen LogP contribution in [0.2, 0.25) is 0 Å². The van der Waals surface area contributed by atoms with Crippen molar-refractivity contribution < 1.29 is 4.74 Å². The van der Waals surface area contributed by atoms with Gasteiger partial charge in [0.1, 0.15) is 0 Å². The van der Waals surface area contributed by atoms with Crippen molar-refractivity contribution in [2.45, 2.75) is 63.9 Å². The Bertz CT molecular complexity index is 193. The second-order valence-corrected chi connectivity index (χ2v) is 5.63. The van der Waals surface area contributed by atoms with Crippen molar-refractivity contribution in [1.82, 2.24) is 5.32 Å². The summed E-state index contributed by atoms with van der Waals surface area (Å²) in [5.41, 5.74) is 0.193. The number of ether oxygens (including phenoxy) is 1. The molecular weight excluding hydrogens is 198 g/mol. The summed E-state index contributed by atoms with van der Waals surface area (Å²) in [4.78, 5) is 0. The van der Waals surface area contributed by atoms with E-state index in [-0.39, 0.29) is 5.60 Å². The fourth-order valence-electron chi connectivity index (χ4n) is 3.22. The van der Waals surface area contributed by atoms with Crippen LogP contribution in [0.15, 0.2) is 0 Å². The summed E-state index contributed by atoms with van der Waals surface area (Å²) < 4.78 is 6.31. The van der Waals surface area contributed by atoms with Crippen LogP contribution in [0.1, 0.15) is 58.3 Å². The fraction of sp³-hybridized carbons (Fsp3) is 1.00. The van der Waals surface area contributed by atoms with Gasteiger partial charge in [-0.3, -0.25) is 0 Å². The van der Waals surface area contributed by atoms with Gasteiger partial charge in [0, 0.05) is 6.54 Å². The molecule has 0 aromatic rings. The molecule has 2 fully saturated rings. The second-order valence-electron chi connectivity index (χ2n) is 5.63. The van der Waals surface area contributed by atoms with Gasteiger partial charge < -0.3 is 10.1 Å². The molecule has 16 heavy (non-hydrogen) atoms. The minimum atomic E-state index is 0.193. The smallest absolute Gasteiger partial charge is 0.0806 e. The molecule has 0 aliphatic heterocycles. The van der Waals surface area contributed by atoms with Gasteiger partial charge in [-0.15, -0.1) is 0 Å². The first-order valence-electron chi connectivity index (χ1n) is 7.19. The van der Waals surface area contributed by atoms with E-state index in [0.29, 0.717) is 0 Å². The normalized spacial score (nSPS) is 25.3. The summed E-state index contributed by atoms with van der Waals surface area (Å²) in [5.74, 6) is 0.860. The van der Waals surface area contributed by atoms with Crippen molar-refractivity contribution in [1.29, 1.82) is 0 Å². The molecule has 0 aromatic heterocycles. The zero-order valence-electron chi connectivity index (χ0n) is 10.8. The Morgan fingerprint density at radius 1 is 1.12 bits per heavy atom. The minimum Gasteiger partial charge on any atom is -0.373 e. The average molecular weight is 225 g/mol. The fourth-order valence-corrected chi connectivity index (χ4v) is 3.22. The predicted octanol–water partition coefficient (Wildman–Crippen LogP) is 3.12. The SMILES string of the molecule is CCNCC1(OCC2CCCC2)CCCC1. The summed E-state index contributed by atoms with van der Waals surface area (Å²) in [5, 5.41) is 3.48. The van der Waals surface area contributed by atoms with Crippen molar-refractivity contribution in [3.63, 3.8) is 0 Å². The van der Waals surface area contributed by atoms with Crippen LogP contribution >= 0.6 is 0 Å². The molecular formula is C14H27NO. The lowest BCUT2D eigenvalue weighted by atomic mass is 10.0. The first-order valence-corrected chi connectivity index (χ1v) is 7.19. The number of hydrogen-bond donors (Lipinski definition) is 1. The Kier molecular flexibility index (Phi) is 4.66. The van der Waals surface area contributed by atoms with Crippen molar-refractivity contribution >= 4 is 0 Å². The Hall–Kier alpha value is -0.0800. The van der Waals surface area contributed by atoms with Crippen LogP contribution in [-0.4, -0.2) is 25.3 Å². The van der Waals surface area contributed by atoms with Crippen molar-refractivity contribution in [3.05, 3.63) is 0 Å². The third-order valence-corrected chi connectivity index (χ3v) is 4.31. The quantitative estimate of drug-likeness (QED) is 0.750. The maximum Gasteiger partial charge on any atom is 0.0806 e. The molecule has 0 aromatic carbocycles. The summed E-state index contributed by atoms with van der Waals surface area (Å²) in [7, 11) is 0. The Balaban J connectivity index is 1.77. The molecule has 0 heterocycles. The number of nitrogens with one attached hydrogen (secondary N) is 1. The summed E-state index contributed by atoms with van der Waals surface area (Å²) in [6.07, 6.45) is 10.9. The van der Waals surface area contributed by atoms with E-state index < -0.39 is 0 Å². The molecule has 1 N–H and O–H groups in total. The molecule has 0 amide bonds. The maximum absolute atomic E-state index is 6.31. The molecule has 2 nitrogen and oxygen atoms in total. The first kappa shape index (κ1) is 12.4. The number of likely N-dealkylation sites (N-methyl/N-ethyl adjacent to an activating group) is 1. The molecule has 0 spiro atoms. The van der Waals surface area contributed by atoms with Gasteiger partial charge in [0.2, 0.25) is 0 Å². The monoisotopic (exact) mass is 225 g/mol. The van der Waals surface area contributed by atoms with E-state index in [2.05, 4.69) is 12.2 Å². The number of rotatable bonds is 6. The lowest BCUT2D eigenvalue weighted by molar-refractivity contribution is -0.0539. The van der Waals surface area contributed by atoms with Gasteiger partial charge in [0.25, 0.3) is 0 Å². The highest BCUT2D eigenvalue weighted by Gasteiger charge is 2.35. The maximum atomic E-state index is 6.31. The van der Waals surface area contributed by atoms with E-state index in [1.165, 1.54) is 51.4 Å². The van der Waals surface area contributed by atoms with Crippen LogP contribution in [0.25, 0.3) is 0 Å². The molecule has 0 saturated heterocycles. The second kappa shape index (κ2) is 6.02. The Labute approximate surface area is 100 Å². The minimum absolute atomic E-state index is 0.193. The van der Waals surface area contributed by atoms with Crippen LogP contribution in [0.4, 0.5) is 0 Å². The molecule has 0 atom stereocenters. The molecule has 0 bridgehead atoms. The van der Waals surface area contributed by atoms with E-state index in [9.17, 15) is 0 Å². The lowest BCUT2D eigenvalue weighted by Crippen LogP contribution is -2.41. The predicted molar refractivity (Wildman–Crippen MR) is 67.7 cm³/mol. The van der Waals surface area contributed by atoms with E-state index in [0.717, 1.165) is 25.6 Å². The number of hydrogen-bond acceptors (Lipinski definition) is 2. The van der Waals surface area contributed by atoms with E-state index in [4.69, 9.17) is 4.74 Å². The summed E-state index contributed by atoms with van der Waals surface area (Å²) in [6, 6.07) is 0. The van der Waals surface area contributed by atoms with Gasteiger partial charge in [0.15, 0.2) is 0 Å². The molecule has 94 valence electrons. The molecule has 2 saturated carbocycles. The molecule has 2 aliphatic carbocycles. The highest BCUT2D eigenvalue weighted by atomic mass is 16.5. The van der Waals surface area contributed by atoms with Gasteiger partial charge in [0.05, 0.1) is 12.2 Å². The van der Waals surface area contributed by atoms with Gasteiger partial charge in [-0.1, -0.05) is 32.6 Å². The highest BCUT2D eigenvalue weighted by Crippen LogP contribution is 2.34. The van der Waals surface area contributed by atoms with E-state index in [1.807, 2.05) is 0 Å². The van der Waals surface area contributed by atoms with Crippen LogP contribution in [0.3, 0.4) is 0 Å². The van der Waals surface area contributed by atoms with Gasteiger partial charge in [-0.05, 0) is 38.1 Å². The average Bonchev–Trinajstić information content (AvgIpc) is 2.96. The molecule has 0 unspecified atom stereocenters. The van der Waals surface area contributed by atoms with Gasteiger partial charge in [-0.25, -0.2) is 0 Å². The van der Waals surface area contributed by atoms with Crippen LogP contribution < -0.4 is 5.32 Å². The van der Waals surface area contributed by atoms with E-state index in [1.54, 1.807) is 0 Å². The van der Waals surface area contributed by atoms with Gasteiger partial charge >= 0.3 is 0 Å². The van der Waals surface area contributed by atoms with Gasteiger partial charge in [-0.2, -0.15) is 0 Å². The third-order valence-electron chi connectivity index (χ3n) is 4.31. The molecule has 0 radical (unpaired) electrons. The standard InChI is InChI=1S/C14H27NO/c1-2-15-12-14(9-5-6-10-14)16-11-13-7-3-4-8-13/h13,15H,2-12H2,1H3. The molecule has 2 aliphatic rings. The van der Waals surface area contributed by atoms with Crippen LogP contribution in [0.5, 0.6) is 0 Å². The highest BCUT2D eigenvalue weighted by molar-refractivity contribution is 4.89. The zero-order chi connectivity index (χ0) is 11.3. The molecule has 2 heteroatoms. The Morgan fingerprint density at radius 3 is 2.44 bits per heavy atom. The molecule has 2 rings (SSSR count). The topological polar surface area (TPSA) is 21.3 Å². The van der Waals surface area contributed by atoms with Crippen molar-refractivity contribution in [2.75, 3.05) is 19.7 Å². The summed E-state index contributed by atoms with van der Waals surface area (Å²) in [6.45, 7) is 5.33. The van der Waals surface area contributed by atoms with Crippen LogP contribution in [-0.2, 0) is 4.74 Å². The first-order chi connectivity index (χ1) is 7.85. The zero-order valence-corrected chi connectivity index (χ0v) is 10.8. The lowest BCUT2D eigenvalue weighted by Gasteiger charge is -2.31. The third kappa shape index (κ3) is 3.21. The largest absolute Gasteiger partial charge is 0.373 e. The summed E-state index contributed by atoms with van der Waals surface area (Å²) >= 11 is 0. The van der Waals surface area contributed by atoms with Crippen molar-refractivity contribution in [3.8, 4) is 0 Å². The van der Waals surface area contributed by atoms with Crippen molar-refractivity contribution in [2.24, 2.45) is 5.92 Å².